The third kappa shape index (κ3) is 2.00. The summed E-state index contributed by atoms with van der Waals surface area (Å²) in [5.41, 5.74) is 4.28. The van der Waals surface area contributed by atoms with E-state index in [0.717, 1.165) is 28.1 Å². The molecule has 0 amide bonds. The second-order valence-corrected chi connectivity index (χ2v) is 4.99. The van der Waals surface area contributed by atoms with Gasteiger partial charge >= 0.3 is 0 Å². The number of hydrogen-bond donors (Lipinski definition) is 2. The Morgan fingerprint density at radius 1 is 1.14 bits per heavy atom. The van der Waals surface area contributed by atoms with E-state index in [1.54, 1.807) is 0 Å². The minimum atomic E-state index is 0.501. The van der Waals surface area contributed by atoms with Crippen molar-refractivity contribution in [1.82, 2.24) is 24.8 Å². The lowest BCUT2D eigenvalue weighted by Crippen LogP contribution is -2.03. The zero-order valence-corrected chi connectivity index (χ0v) is 11.7. The van der Waals surface area contributed by atoms with Crippen molar-refractivity contribution in [3.05, 3.63) is 53.4 Å². The van der Waals surface area contributed by atoms with Crippen LogP contribution in [0.3, 0.4) is 0 Å². The van der Waals surface area contributed by atoms with Crippen LogP contribution in [0.25, 0.3) is 16.7 Å². The second kappa shape index (κ2) is 4.75. The second-order valence-electron chi connectivity index (χ2n) is 4.63. The van der Waals surface area contributed by atoms with Gasteiger partial charge in [0.1, 0.15) is 16.7 Å². The molecule has 0 aliphatic heterocycles. The summed E-state index contributed by atoms with van der Waals surface area (Å²) in [6.07, 6.45) is 1.95. The summed E-state index contributed by atoms with van der Waals surface area (Å²) in [5, 5.41) is 14.7. The van der Waals surface area contributed by atoms with Crippen molar-refractivity contribution >= 4 is 34.0 Å². The minimum Gasteiger partial charge on any atom is -0.377 e. The Kier molecular flexibility index (Phi) is 2.75. The molecule has 0 saturated heterocycles. The van der Waals surface area contributed by atoms with Gasteiger partial charge in [-0.3, -0.25) is 0 Å². The number of benzene rings is 1. The van der Waals surface area contributed by atoms with Gasteiger partial charge in [-0.05, 0) is 24.3 Å². The zero-order chi connectivity index (χ0) is 14.2. The summed E-state index contributed by atoms with van der Waals surface area (Å²) in [6.45, 7) is 0.552. The number of pyridine rings is 1. The van der Waals surface area contributed by atoms with E-state index in [0.29, 0.717) is 11.7 Å². The number of para-hydroxylation sites is 1. The van der Waals surface area contributed by atoms with Crippen LogP contribution in [0, 0.1) is 0 Å². The highest BCUT2D eigenvalue weighted by molar-refractivity contribution is 6.30. The maximum absolute atomic E-state index is 6.22. The monoisotopic (exact) mass is 298 g/mol. The number of aromatic nitrogens is 5. The first kappa shape index (κ1) is 12.2. The van der Waals surface area contributed by atoms with E-state index in [1.807, 2.05) is 47.0 Å². The van der Waals surface area contributed by atoms with E-state index in [1.165, 1.54) is 0 Å². The number of halogens is 1. The first-order chi connectivity index (χ1) is 10.3. The molecular weight excluding hydrogens is 288 g/mol. The summed E-state index contributed by atoms with van der Waals surface area (Å²) in [7, 11) is 0. The van der Waals surface area contributed by atoms with Crippen LogP contribution in [0.1, 0.15) is 5.69 Å². The Labute approximate surface area is 124 Å². The number of H-pyrrole nitrogens is 1. The van der Waals surface area contributed by atoms with Gasteiger partial charge in [0.05, 0.1) is 17.9 Å². The predicted molar refractivity (Wildman–Crippen MR) is 81.4 cm³/mol. The van der Waals surface area contributed by atoms with Gasteiger partial charge in [-0.1, -0.05) is 23.7 Å². The van der Waals surface area contributed by atoms with Gasteiger partial charge in [-0.2, -0.15) is 15.4 Å². The zero-order valence-electron chi connectivity index (χ0n) is 10.9. The number of rotatable bonds is 3. The number of imidazole rings is 1. The Morgan fingerprint density at radius 3 is 3.05 bits per heavy atom. The molecule has 0 radical (unpaired) electrons. The van der Waals surface area contributed by atoms with Gasteiger partial charge in [-0.25, -0.2) is 4.98 Å². The fourth-order valence-corrected chi connectivity index (χ4v) is 2.61. The molecule has 0 aliphatic carbocycles. The average Bonchev–Trinajstić information content (AvgIpc) is 3.09. The summed E-state index contributed by atoms with van der Waals surface area (Å²) in [4.78, 5) is 4.33. The van der Waals surface area contributed by atoms with Crippen molar-refractivity contribution in [2.24, 2.45) is 0 Å². The van der Waals surface area contributed by atoms with E-state index in [9.17, 15) is 0 Å². The molecule has 3 heterocycles. The van der Waals surface area contributed by atoms with Crippen LogP contribution in [-0.2, 0) is 6.54 Å². The fraction of sp³-hybridized carbons (Fsp3) is 0.0714. The van der Waals surface area contributed by atoms with Crippen molar-refractivity contribution in [3.63, 3.8) is 0 Å². The molecular formula is C14H11ClN6. The van der Waals surface area contributed by atoms with Crippen molar-refractivity contribution in [3.8, 4) is 0 Å². The van der Waals surface area contributed by atoms with Gasteiger partial charge in [-0.15, -0.1) is 0 Å². The molecule has 0 aliphatic rings. The average molecular weight is 299 g/mol. The van der Waals surface area contributed by atoms with E-state index < -0.39 is 0 Å². The van der Waals surface area contributed by atoms with Crippen LogP contribution in [0.2, 0.25) is 5.15 Å². The lowest BCUT2D eigenvalue weighted by atomic mass is 10.2. The molecule has 0 spiro atoms. The molecule has 0 unspecified atom stereocenters. The lowest BCUT2D eigenvalue weighted by molar-refractivity contribution is 0.958. The Hall–Kier alpha value is -2.60. The number of fused-ring (bicyclic) bond motifs is 2. The van der Waals surface area contributed by atoms with Crippen molar-refractivity contribution in [2.45, 2.75) is 6.54 Å². The molecule has 0 fully saturated rings. The number of nitrogens with zero attached hydrogens (tertiary/aromatic N) is 4. The quantitative estimate of drug-likeness (QED) is 0.610. The molecule has 0 saturated carbocycles. The first-order valence-corrected chi connectivity index (χ1v) is 6.85. The molecule has 2 N–H and O–H groups in total. The fourth-order valence-electron chi connectivity index (χ4n) is 2.37. The van der Waals surface area contributed by atoms with Crippen LogP contribution in [0.15, 0.2) is 42.6 Å². The van der Waals surface area contributed by atoms with E-state index in [-0.39, 0.29) is 0 Å². The van der Waals surface area contributed by atoms with Gasteiger partial charge in [0.2, 0.25) is 0 Å². The highest BCUT2D eigenvalue weighted by atomic mass is 35.5. The standard InChI is InChI=1S/C14H11ClN6/c15-14-11(21-7-2-1-6-12(21)17-14)8-16-9-4-3-5-10-13(9)19-20-18-10/h1-7,16H,8H2,(H,18,19,20). The number of anilines is 1. The van der Waals surface area contributed by atoms with Gasteiger partial charge < -0.3 is 9.72 Å². The number of aromatic amines is 1. The molecule has 4 rings (SSSR count). The number of hydrogen-bond acceptors (Lipinski definition) is 4. The Bertz CT molecular complexity index is 925. The molecule has 7 heteroatoms. The molecule has 0 atom stereocenters. The van der Waals surface area contributed by atoms with Crippen LogP contribution in [0.5, 0.6) is 0 Å². The summed E-state index contributed by atoms with van der Waals surface area (Å²) in [5.74, 6) is 0. The van der Waals surface area contributed by atoms with Gasteiger partial charge in [0.15, 0.2) is 5.15 Å². The summed E-state index contributed by atoms with van der Waals surface area (Å²) < 4.78 is 1.97. The third-order valence-corrected chi connectivity index (χ3v) is 3.68. The molecule has 6 nitrogen and oxygen atoms in total. The van der Waals surface area contributed by atoms with E-state index >= 15 is 0 Å². The van der Waals surface area contributed by atoms with Crippen LogP contribution < -0.4 is 5.32 Å². The minimum absolute atomic E-state index is 0.501. The highest BCUT2D eigenvalue weighted by Crippen LogP contribution is 2.22. The normalized spacial score (nSPS) is 11.3. The highest BCUT2D eigenvalue weighted by Gasteiger charge is 2.11. The van der Waals surface area contributed by atoms with Crippen LogP contribution in [-0.4, -0.2) is 24.8 Å². The predicted octanol–water partition coefficient (Wildman–Crippen LogP) is 2.87. The summed E-state index contributed by atoms with van der Waals surface area (Å²) >= 11 is 6.22. The smallest absolute Gasteiger partial charge is 0.153 e. The van der Waals surface area contributed by atoms with Gasteiger partial charge in [0.25, 0.3) is 0 Å². The molecule has 104 valence electrons. The molecule has 0 bridgehead atoms. The van der Waals surface area contributed by atoms with Gasteiger partial charge in [0, 0.05) is 6.20 Å². The van der Waals surface area contributed by atoms with Crippen molar-refractivity contribution in [2.75, 3.05) is 5.32 Å². The largest absolute Gasteiger partial charge is 0.377 e. The molecule has 4 aromatic rings. The maximum Gasteiger partial charge on any atom is 0.153 e. The Balaban J connectivity index is 1.70. The van der Waals surface area contributed by atoms with Crippen LogP contribution >= 0.6 is 11.6 Å². The molecule has 21 heavy (non-hydrogen) atoms. The lowest BCUT2D eigenvalue weighted by Gasteiger charge is -2.07. The number of nitrogens with one attached hydrogen (secondary N) is 2. The molecule has 3 aromatic heterocycles. The van der Waals surface area contributed by atoms with E-state index in [4.69, 9.17) is 11.6 Å². The Morgan fingerprint density at radius 2 is 2.10 bits per heavy atom. The first-order valence-electron chi connectivity index (χ1n) is 6.48. The topological polar surface area (TPSA) is 70.9 Å². The SMILES string of the molecule is Clc1nc2ccccn2c1CNc1cccc2n[nH]nc12. The van der Waals surface area contributed by atoms with Crippen molar-refractivity contribution in [1.29, 1.82) is 0 Å². The van der Waals surface area contributed by atoms with E-state index in [2.05, 4.69) is 25.7 Å². The maximum atomic E-state index is 6.22. The van der Waals surface area contributed by atoms with Crippen LogP contribution in [0.4, 0.5) is 5.69 Å². The third-order valence-electron chi connectivity index (χ3n) is 3.37. The van der Waals surface area contributed by atoms with Crippen molar-refractivity contribution < 1.29 is 0 Å². The summed E-state index contributed by atoms with van der Waals surface area (Å²) in [6, 6.07) is 11.6. The molecule has 1 aromatic carbocycles.